The molecule has 0 aromatic heterocycles. The van der Waals surface area contributed by atoms with Crippen molar-refractivity contribution < 1.29 is 13.2 Å². The van der Waals surface area contributed by atoms with E-state index in [1.54, 1.807) is 25.3 Å². The predicted octanol–water partition coefficient (Wildman–Crippen LogP) is 2.27. The van der Waals surface area contributed by atoms with Crippen LogP contribution in [0.1, 0.15) is 0 Å². The monoisotopic (exact) mass is 277 g/mol. The summed E-state index contributed by atoms with van der Waals surface area (Å²) in [5, 5.41) is 0. The van der Waals surface area contributed by atoms with Gasteiger partial charge < -0.3 is 4.74 Å². The summed E-state index contributed by atoms with van der Waals surface area (Å²) in [7, 11) is -0.508. The van der Waals surface area contributed by atoms with Crippen LogP contribution in [0.4, 0.5) is 0 Å². The molecule has 0 fully saturated rings. The van der Waals surface area contributed by atoms with Crippen LogP contribution >= 0.6 is 0 Å². The van der Waals surface area contributed by atoms with E-state index in [4.69, 9.17) is 4.74 Å². The zero-order valence-electron chi connectivity index (χ0n) is 10.8. The lowest BCUT2D eigenvalue weighted by atomic mass is 10.1. The minimum atomic E-state index is -3.49. The standard InChI is InChI=1S/C14H15NO3S/c1-15-19(16,17)14-9-4-3-8-13(14)11-6-5-7-12(10-11)18-2/h3-10,15H,1-2H3. The molecule has 2 rings (SSSR count). The Morgan fingerprint density at radius 3 is 2.47 bits per heavy atom. The first kappa shape index (κ1) is 13.6. The number of rotatable bonds is 4. The molecule has 5 heteroatoms. The summed E-state index contributed by atoms with van der Waals surface area (Å²) in [5.74, 6) is 0.689. The van der Waals surface area contributed by atoms with Gasteiger partial charge in [-0.1, -0.05) is 30.3 Å². The molecule has 4 nitrogen and oxygen atoms in total. The zero-order valence-corrected chi connectivity index (χ0v) is 11.6. The molecule has 0 saturated carbocycles. The van der Waals surface area contributed by atoms with E-state index in [2.05, 4.69) is 4.72 Å². The Morgan fingerprint density at radius 2 is 1.79 bits per heavy atom. The lowest BCUT2D eigenvalue weighted by molar-refractivity contribution is 0.415. The van der Waals surface area contributed by atoms with Gasteiger partial charge in [0.15, 0.2) is 0 Å². The third-order valence-electron chi connectivity index (χ3n) is 2.83. The Balaban J connectivity index is 2.63. The van der Waals surface area contributed by atoms with Crippen molar-refractivity contribution in [3.8, 4) is 16.9 Å². The normalized spacial score (nSPS) is 11.3. The van der Waals surface area contributed by atoms with Gasteiger partial charge in [0.25, 0.3) is 0 Å². The molecule has 0 amide bonds. The smallest absolute Gasteiger partial charge is 0.240 e. The molecule has 0 atom stereocenters. The highest BCUT2D eigenvalue weighted by Crippen LogP contribution is 2.29. The Morgan fingerprint density at radius 1 is 1.05 bits per heavy atom. The second-order valence-electron chi connectivity index (χ2n) is 3.94. The van der Waals surface area contributed by atoms with Gasteiger partial charge >= 0.3 is 0 Å². The molecule has 0 bridgehead atoms. The summed E-state index contributed by atoms with van der Waals surface area (Å²) in [6.45, 7) is 0. The van der Waals surface area contributed by atoms with Crippen molar-refractivity contribution in [2.45, 2.75) is 4.90 Å². The zero-order chi connectivity index (χ0) is 13.9. The van der Waals surface area contributed by atoms with Gasteiger partial charge in [0.1, 0.15) is 5.75 Å². The molecule has 100 valence electrons. The number of methoxy groups -OCH3 is 1. The van der Waals surface area contributed by atoms with Crippen LogP contribution in [0.15, 0.2) is 53.4 Å². The Kier molecular flexibility index (Phi) is 3.87. The molecule has 0 aliphatic rings. The summed E-state index contributed by atoms with van der Waals surface area (Å²) < 4.78 is 31.5. The second-order valence-corrected chi connectivity index (χ2v) is 5.79. The maximum Gasteiger partial charge on any atom is 0.240 e. The van der Waals surface area contributed by atoms with Gasteiger partial charge in [-0.25, -0.2) is 13.1 Å². The third-order valence-corrected chi connectivity index (χ3v) is 4.30. The van der Waals surface area contributed by atoms with Gasteiger partial charge in [-0.3, -0.25) is 0 Å². The molecule has 2 aromatic rings. The van der Waals surface area contributed by atoms with E-state index in [9.17, 15) is 8.42 Å². The second kappa shape index (κ2) is 5.42. The molecule has 1 N–H and O–H groups in total. The highest BCUT2D eigenvalue weighted by molar-refractivity contribution is 7.89. The number of ether oxygens (including phenoxy) is 1. The molecule has 0 spiro atoms. The van der Waals surface area contributed by atoms with Crippen LogP contribution in [0.2, 0.25) is 0 Å². The summed E-state index contributed by atoms with van der Waals surface area (Å²) in [4.78, 5) is 0.255. The summed E-state index contributed by atoms with van der Waals surface area (Å²) in [6.07, 6.45) is 0. The van der Waals surface area contributed by atoms with E-state index in [0.29, 0.717) is 11.3 Å². The van der Waals surface area contributed by atoms with Crippen molar-refractivity contribution in [2.24, 2.45) is 0 Å². The number of benzene rings is 2. The van der Waals surface area contributed by atoms with Gasteiger partial charge in [-0.15, -0.1) is 0 Å². The first-order valence-electron chi connectivity index (χ1n) is 5.75. The molecule has 0 radical (unpaired) electrons. The molecule has 0 aliphatic heterocycles. The minimum Gasteiger partial charge on any atom is -0.497 e. The summed E-state index contributed by atoms with van der Waals surface area (Å²) in [6, 6.07) is 14.2. The average Bonchev–Trinajstić information content (AvgIpc) is 2.47. The Hall–Kier alpha value is -1.85. The molecule has 0 aliphatic carbocycles. The van der Waals surface area contributed by atoms with Crippen molar-refractivity contribution in [2.75, 3.05) is 14.2 Å². The van der Waals surface area contributed by atoms with Crippen LogP contribution < -0.4 is 9.46 Å². The van der Waals surface area contributed by atoms with Gasteiger partial charge in [-0.2, -0.15) is 0 Å². The van der Waals surface area contributed by atoms with Crippen LogP contribution in [0.3, 0.4) is 0 Å². The highest BCUT2D eigenvalue weighted by atomic mass is 32.2. The maximum atomic E-state index is 12.0. The van der Waals surface area contributed by atoms with Crippen LogP contribution in [0, 0.1) is 0 Å². The number of nitrogens with one attached hydrogen (secondary N) is 1. The molecule has 0 unspecified atom stereocenters. The number of hydrogen-bond acceptors (Lipinski definition) is 3. The van der Waals surface area contributed by atoms with E-state index in [1.165, 1.54) is 7.05 Å². The van der Waals surface area contributed by atoms with Gasteiger partial charge in [0, 0.05) is 5.56 Å². The number of hydrogen-bond donors (Lipinski definition) is 1. The molecular formula is C14H15NO3S. The minimum absolute atomic E-state index is 0.255. The molecule has 19 heavy (non-hydrogen) atoms. The Labute approximate surface area is 113 Å². The first-order valence-corrected chi connectivity index (χ1v) is 7.24. The first-order chi connectivity index (χ1) is 9.08. The SMILES string of the molecule is CNS(=O)(=O)c1ccccc1-c1cccc(OC)c1. The van der Waals surface area contributed by atoms with Crippen LogP contribution in [0.25, 0.3) is 11.1 Å². The van der Waals surface area contributed by atoms with E-state index in [0.717, 1.165) is 5.56 Å². The fourth-order valence-corrected chi connectivity index (χ4v) is 2.79. The van der Waals surface area contributed by atoms with Crippen molar-refractivity contribution in [1.82, 2.24) is 4.72 Å². The fourth-order valence-electron chi connectivity index (χ4n) is 1.84. The molecule has 0 heterocycles. The maximum absolute atomic E-state index is 12.0. The lowest BCUT2D eigenvalue weighted by Crippen LogP contribution is -2.19. The molecule has 0 saturated heterocycles. The van der Waals surface area contributed by atoms with Crippen molar-refractivity contribution in [3.63, 3.8) is 0 Å². The van der Waals surface area contributed by atoms with Gasteiger partial charge in [0.05, 0.1) is 12.0 Å². The Bertz CT molecular complexity index is 681. The molecular weight excluding hydrogens is 262 g/mol. The van der Waals surface area contributed by atoms with Gasteiger partial charge in [-0.05, 0) is 30.8 Å². The lowest BCUT2D eigenvalue weighted by Gasteiger charge is -2.10. The van der Waals surface area contributed by atoms with Crippen LogP contribution in [-0.4, -0.2) is 22.6 Å². The predicted molar refractivity (Wildman–Crippen MR) is 74.7 cm³/mol. The van der Waals surface area contributed by atoms with E-state index in [-0.39, 0.29) is 4.90 Å². The van der Waals surface area contributed by atoms with E-state index in [1.807, 2.05) is 30.3 Å². The van der Waals surface area contributed by atoms with Crippen molar-refractivity contribution in [1.29, 1.82) is 0 Å². The van der Waals surface area contributed by atoms with Crippen molar-refractivity contribution >= 4 is 10.0 Å². The van der Waals surface area contributed by atoms with E-state index < -0.39 is 10.0 Å². The van der Waals surface area contributed by atoms with Crippen molar-refractivity contribution in [3.05, 3.63) is 48.5 Å². The highest BCUT2D eigenvalue weighted by Gasteiger charge is 2.17. The average molecular weight is 277 g/mol. The van der Waals surface area contributed by atoms with Crippen LogP contribution in [0.5, 0.6) is 5.75 Å². The molecule has 2 aromatic carbocycles. The number of sulfonamides is 1. The quantitative estimate of drug-likeness (QED) is 0.932. The fraction of sp³-hybridized carbons (Fsp3) is 0.143. The van der Waals surface area contributed by atoms with Crippen LogP contribution in [-0.2, 0) is 10.0 Å². The van der Waals surface area contributed by atoms with E-state index >= 15 is 0 Å². The topological polar surface area (TPSA) is 55.4 Å². The third kappa shape index (κ3) is 2.77. The largest absolute Gasteiger partial charge is 0.497 e. The summed E-state index contributed by atoms with van der Waals surface area (Å²) >= 11 is 0. The van der Waals surface area contributed by atoms with Gasteiger partial charge in [0.2, 0.25) is 10.0 Å². The summed E-state index contributed by atoms with van der Waals surface area (Å²) in [5.41, 5.74) is 1.45.